The fraction of sp³-hybridized carbons (Fsp3) is 0.636. The zero-order valence-electron chi connectivity index (χ0n) is 10.4. The zero-order valence-corrected chi connectivity index (χ0v) is 10.4. The normalized spacial score (nSPS) is 11.5. The van der Waals surface area contributed by atoms with Crippen LogP contribution >= 0.6 is 0 Å². The number of rotatable bonds is 4. The van der Waals surface area contributed by atoms with Crippen LogP contribution in [-0.2, 0) is 11.3 Å². The molecule has 0 aliphatic carbocycles. The number of nitrogen functional groups attached to an aromatic ring is 1. The van der Waals surface area contributed by atoms with E-state index in [1.54, 1.807) is 6.07 Å². The lowest BCUT2D eigenvalue weighted by atomic mass is 10.1. The first kappa shape index (κ1) is 12.7. The number of nitrogens with zero attached hydrogens (tertiary/aromatic N) is 2. The molecule has 1 aromatic heterocycles. The van der Waals surface area contributed by atoms with Gasteiger partial charge in [-0.1, -0.05) is 0 Å². The molecule has 0 atom stereocenters. The first-order valence-corrected chi connectivity index (χ1v) is 5.40. The Bertz CT molecular complexity index is 346. The Hall–Kier alpha value is -1.36. The quantitative estimate of drug-likeness (QED) is 0.816. The highest BCUT2D eigenvalue weighted by molar-refractivity contribution is 5.45. The molecule has 0 bridgehead atoms. The van der Waals surface area contributed by atoms with Crippen LogP contribution in [0.25, 0.3) is 0 Å². The minimum absolute atomic E-state index is 0.0519. The average molecular weight is 224 g/mol. The van der Waals surface area contributed by atoms with Crippen molar-refractivity contribution in [2.75, 3.05) is 17.7 Å². The van der Waals surface area contributed by atoms with Crippen LogP contribution in [0, 0.1) is 0 Å². The number of aromatic nitrogens is 2. The van der Waals surface area contributed by atoms with Crippen LogP contribution < -0.4 is 11.1 Å². The second-order valence-electron chi connectivity index (χ2n) is 4.61. The lowest BCUT2D eigenvalue weighted by molar-refractivity contribution is 0.128. The van der Waals surface area contributed by atoms with Crippen LogP contribution in [0.1, 0.15) is 33.5 Å². The summed E-state index contributed by atoms with van der Waals surface area (Å²) in [5.41, 5.74) is 5.65. The summed E-state index contributed by atoms with van der Waals surface area (Å²) >= 11 is 0. The molecule has 0 aliphatic heterocycles. The van der Waals surface area contributed by atoms with Gasteiger partial charge in [0.05, 0.1) is 0 Å². The third-order valence-corrected chi connectivity index (χ3v) is 1.73. The molecule has 0 amide bonds. The summed E-state index contributed by atoms with van der Waals surface area (Å²) in [6, 6.07) is 1.72. The number of nitrogens with two attached hydrogens (primary N) is 1. The van der Waals surface area contributed by atoms with Crippen molar-refractivity contribution in [2.24, 2.45) is 0 Å². The van der Waals surface area contributed by atoms with E-state index in [1.165, 1.54) is 0 Å². The topological polar surface area (TPSA) is 73.1 Å². The number of nitrogens with one attached hydrogen (secondary N) is 1. The monoisotopic (exact) mass is 224 g/mol. The molecule has 90 valence electrons. The maximum absolute atomic E-state index is 5.70. The van der Waals surface area contributed by atoms with Crippen molar-refractivity contribution in [3.8, 4) is 0 Å². The van der Waals surface area contributed by atoms with Crippen LogP contribution in [0.5, 0.6) is 0 Å². The van der Waals surface area contributed by atoms with Gasteiger partial charge in [0, 0.05) is 18.2 Å². The third-order valence-electron chi connectivity index (χ3n) is 1.73. The molecule has 0 unspecified atom stereocenters. The summed E-state index contributed by atoms with van der Waals surface area (Å²) in [6.45, 7) is 9.15. The van der Waals surface area contributed by atoms with Crippen molar-refractivity contribution in [1.29, 1.82) is 0 Å². The maximum Gasteiger partial charge on any atom is 0.158 e. The number of ether oxygens (including phenoxy) is 1. The van der Waals surface area contributed by atoms with Gasteiger partial charge in [0.25, 0.3) is 0 Å². The summed E-state index contributed by atoms with van der Waals surface area (Å²) in [6.07, 6.45) is 0. The molecule has 1 rings (SSSR count). The van der Waals surface area contributed by atoms with Crippen LogP contribution in [-0.4, -0.2) is 22.1 Å². The Labute approximate surface area is 96.4 Å². The van der Waals surface area contributed by atoms with Crippen LogP contribution in [0.3, 0.4) is 0 Å². The highest BCUT2D eigenvalue weighted by atomic mass is 16.5. The standard InChI is InChI=1S/C11H20N4O/c1-5-16-7-10-13-8(12)6-9(14-10)15-11(2,3)4/h6H,5,7H2,1-4H3,(H3,12,13,14,15). The predicted octanol–water partition coefficient (Wildman–Crippen LogP) is 1.81. The molecule has 0 aliphatic rings. The lowest BCUT2D eigenvalue weighted by Crippen LogP contribution is -2.27. The van der Waals surface area contributed by atoms with Crippen molar-refractivity contribution in [2.45, 2.75) is 39.8 Å². The summed E-state index contributed by atoms with van der Waals surface area (Å²) in [5.74, 6) is 1.79. The van der Waals surface area contributed by atoms with Gasteiger partial charge in [-0.25, -0.2) is 9.97 Å². The molecular formula is C11H20N4O. The van der Waals surface area contributed by atoms with E-state index >= 15 is 0 Å². The summed E-state index contributed by atoms with van der Waals surface area (Å²) in [4.78, 5) is 8.43. The van der Waals surface area contributed by atoms with E-state index in [1.807, 2.05) is 6.92 Å². The Balaban J connectivity index is 2.81. The average Bonchev–Trinajstić information content (AvgIpc) is 2.10. The molecule has 3 N–H and O–H groups in total. The fourth-order valence-corrected chi connectivity index (χ4v) is 1.22. The van der Waals surface area contributed by atoms with Gasteiger partial charge in [-0.2, -0.15) is 0 Å². The van der Waals surface area contributed by atoms with E-state index in [2.05, 4.69) is 36.1 Å². The molecule has 5 nitrogen and oxygen atoms in total. The van der Waals surface area contributed by atoms with E-state index in [0.29, 0.717) is 24.9 Å². The molecule has 0 saturated carbocycles. The van der Waals surface area contributed by atoms with Gasteiger partial charge in [-0.15, -0.1) is 0 Å². The second kappa shape index (κ2) is 5.12. The highest BCUT2D eigenvalue weighted by Gasteiger charge is 2.11. The van der Waals surface area contributed by atoms with Crippen molar-refractivity contribution >= 4 is 11.6 Å². The van der Waals surface area contributed by atoms with Crippen LogP contribution in [0.15, 0.2) is 6.07 Å². The van der Waals surface area contributed by atoms with Gasteiger partial charge >= 0.3 is 0 Å². The molecule has 0 radical (unpaired) electrons. The molecule has 1 heterocycles. The van der Waals surface area contributed by atoms with Crippen molar-refractivity contribution in [1.82, 2.24) is 9.97 Å². The van der Waals surface area contributed by atoms with Crippen molar-refractivity contribution < 1.29 is 4.74 Å². The Morgan fingerprint density at radius 1 is 1.38 bits per heavy atom. The zero-order chi connectivity index (χ0) is 12.2. The van der Waals surface area contributed by atoms with Crippen molar-refractivity contribution in [3.05, 3.63) is 11.9 Å². The molecule has 16 heavy (non-hydrogen) atoms. The number of hydrogen-bond donors (Lipinski definition) is 2. The molecule has 0 spiro atoms. The minimum atomic E-state index is -0.0519. The first-order valence-electron chi connectivity index (χ1n) is 5.40. The minimum Gasteiger partial charge on any atom is -0.384 e. The van der Waals surface area contributed by atoms with E-state index in [4.69, 9.17) is 10.5 Å². The van der Waals surface area contributed by atoms with Gasteiger partial charge in [0.1, 0.15) is 18.2 Å². The molecule has 1 aromatic rings. The van der Waals surface area contributed by atoms with Gasteiger partial charge in [0.15, 0.2) is 5.82 Å². The molecule has 5 heteroatoms. The SMILES string of the molecule is CCOCc1nc(N)cc(NC(C)(C)C)n1. The van der Waals surface area contributed by atoms with E-state index in [9.17, 15) is 0 Å². The fourth-order valence-electron chi connectivity index (χ4n) is 1.22. The number of anilines is 2. The van der Waals surface area contributed by atoms with Gasteiger partial charge < -0.3 is 15.8 Å². The van der Waals surface area contributed by atoms with E-state index < -0.39 is 0 Å². The molecule has 0 fully saturated rings. The Morgan fingerprint density at radius 3 is 2.62 bits per heavy atom. The smallest absolute Gasteiger partial charge is 0.158 e. The van der Waals surface area contributed by atoms with Gasteiger partial charge in [0.2, 0.25) is 0 Å². The third kappa shape index (κ3) is 4.44. The van der Waals surface area contributed by atoms with E-state index in [-0.39, 0.29) is 5.54 Å². The molecule has 0 saturated heterocycles. The Morgan fingerprint density at radius 2 is 2.06 bits per heavy atom. The first-order chi connectivity index (χ1) is 7.40. The van der Waals surface area contributed by atoms with Gasteiger partial charge in [-0.3, -0.25) is 0 Å². The molecular weight excluding hydrogens is 204 g/mol. The van der Waals surface area contributed by atoms with E-state index in [0.717, 1.165) is 5.82 Å². The molecule has 0 aromatic carbocycles. The van der Waals surface area contributed by atoms with Crippen LogP contribution in [0.4, 0.5) is 11.6 Å². The summed E-state index contributed by atoms with van der Waals surface area (Å²) in [5, 5.41) is 3.25. The summed E-state index contributed by atoms with van der Waals surface area (Å²) in [7, 11) is 0. The highest BCUT2D eigenvalue weighted by Crippen LogP contribution is 2.14. The largest absolute Gasteiger partial charge is 0.384 e. The summed E-state index contributed by atoms with van der Waals surface area (Å²) < 4.78 is 5.25. The Kier molecular flexibility index (Phi) is 4.06. The van der Waals surface area contributed by atoms with Crippen LogP contribution in [0.2, 0.25) is 0 Å². The number of hydrogen-bond acceptors (Lipinski definition) is 5. The van der Waals surface area contributed by atoms with Crippen molar-refractivity contribution in [3.63, 3.8) is 0 Å². The lowest BCUT2D eigenvalue weighted by Gasteiger charge is -2.21. The predicted molar refractivity (Wildman–Crippen MR) is 65.2 cm³/mol. The maximum atomic E-state index is 5.70. The van der Waals surface area contributed by atoms with Gasteiger partial charge in [-0.05, 0) is 27.7 Å². The second-order valence-corrected chi connectivity index (χ2v) is 4.61.